The van der Waals surface area contributed by atoms with E-state index in [4.69, 9.17) is 0 Å². The van der Waals surface area contributed by atoms with Gasteiger partial charge >= 0.3 is 5.69 Å². The van der Waals surface area contributed by atoms with Gasteiger partial charge < -0.3 is 0 Å². The second-order valence-corrected chi connectivity index (χ2v) is 7.90. The van der Waals surface area contributed by atoms with Crippen molar-refractivity contribution in [1.29, 1.82) is 0 Å². The highest BCUT2D eigenvalue weighted by molar-refractivity contribution is 5.40. The van der Waals surface area contributed by atoms with Crippen molar-refractivity contribution in [2.75, 3.05) is 0 Å². The van der Waals surface area contributed by atoms with Crippen molar-refractivity contribution in [3.63, 3.8) is 0 Å². The van der Waals surface area contributed by atoms with Crippen LogP contribution in [0.4, 0.5) is 4.39 Å². The summed E-state index contributed by atoms with van der Waals surface area (Å²) in [6.45, 7) is 0. The van der Waals surface area contributed by atoms with Crippen LogP contribution in [0.2, 0.25) is 0 Å². The average molecular weight is 390 g/mol. The highest BCUT2D eigenvalue weighted by atomic mass is 19.1. The van der Waals surface area contributed by atoms with Gasteiger partial charge in [0.2, 0.25) is 0 Å². The van der Waals surface area contributed by atoms with Crippen LogP contribution in [0.5, 0.6) is 0 Å². The second-order valence-electron chi connectivity index (χ2n) is 7.90. The molecule has 29 heavy (non-hydrogen) atoms. The molecule has 0 unspecified atom stereocenters. The van der Waals surface area contributed by atoms with Crippen LogP contribution < -0.4 is 5.69 Å². The summed E-state index contributed by atoms with van der Waals surface area (Å²) in [5.41, 5.74) is 2.30. The number of nitrogens with zero attached hydrogens (tertiary/aromatic N) is 6. The molecule has 0 N–H and O–H groups in total. The molecule has 2 aliphatic rings. The number of halogens is 1. The normalized spacial score (nSPS) is 23.3. The molecule has 0 spiro atoms. The first kappa shape index (κ1) is 16.6. The number of aromatic nitrogens is 6. The standard InChI is InChI=1S/C21H19FN6O/c22-16-12-24-28-18(8-9-23-20(16)28)14-10-15(11-14)27-21(29)26-17(6-7-19(26)25-27)13-4-2-1-3-5-13/h1-5,8-9,12,14-15,17H,6-7,10-11H2/t14?,15?,17-/m0/s1. The Hall–Kier alpha value is -3.29. The van der Waals surface area contributed by atoms with Gasteiger partial charge in [0.15, 0.2) is 11.5 Å². The van der Waals surface area contributed by atoms with Gasteiger partial charge in [-0.2, -0.15) is 10.2 Å². The van der Waals surface area contributed by atoms with E-state index in [1.54, 1.807) is 15.4 Å². The molecule has 146 valence electrons. The number of rotatable bonds is 3. The van der Waals surface area contributed by atoms with E-state index in [2.05, 4.69) is 27.3 Å². The van der Waals surface area contributed by atoms with Gasteiger partial charge in [-0.15, -0.1) is 0 Å². The summed E-state index contributed by atoms with van der Waals surface area (Å²) >= 11 is 0. The van der Waals surface area contributed by atoms with Crippen molar-refractivity contribution in [1.82, 2.24) is 28.9 Å². The molecule has 6 rings (SSSR count). The van der Waals surface area contributed by atoms with Gasteiger partial charge in [0, 0.05) is 24.2 Å². The molecule has 1 fully saturated rings. The van der Waals surface area contributed by atoms with E-state index in [9.17, 15) is 9.18 Å². The molecule has 1 aliphatic heterocycles. The fourth-order valence-electron chi connectivity index (χ4n) is 4.76. The largest absolute Gasteiger partial charge is 0.346 e. The maximum Gasteiger partial charge on any atom is 0.346 e. The molecule has 1 aromatic carbocycles. The second kappa shape index (κ2) is 6.10. The van der Waals surface area contributed by atoms with E-state index in [0.717, 1.165) is 42.8 Å². The van der Waals surface area contributed by atoms with Crippen molar-refractivity contribution in [2.45, 2.75) is 43.7 Å². The molecule has 8 heteroatoms. The molecule has 4 aromatic rings. The number of fused-ring (bicyclic) bond motifs is 2. The minimum absolute atomic E-state index is 0.0280. The summed E-state index contributed by atoms with van der Waals surface area (Å²) in [6.07, 6.45) is 6.10. The summed E-state index contributed by atoms with van der Waals surface area (Å²) in [7, 11) is 0. The van der Waals surface area contributed by atoms with Crippen LogP contribution >= 0.6 is 0 Å². The molecule has 0 saturated heterocycles. The summed E-state index contributed by atoms with van der Waals surface area (Å²) in [5, 5.41) is 8.77. The molecular formula is C21H19FN6O. The lowest BCUT2D eigenvalue weighted by Crippen LogP contribution is -2.36. The quantitative estimate of drug-likeness (QED) is 0.539. The molecule has 1 aliphatic carbocycles. The molecule has 7 nitrogen and oxygen atoms in total. The Kier molecular flexibility index (Phi) is 3.50. The molecular weight excluding hydrogens is 371 g/mol. The Morgan fingerprint density at radius 1 is 1.10 bits per heavy atom. The first-order chi connectivity index (χ1) is 14.2. The average Bonchev–Trinajstić information content (AvgIpc) is 3.38. The summed E-state index contributed by atoms with van der Waals surface area (Å²) in [6, 6.07) is 12.1. The van der Waals surface area contributed by atoms with Crippen molar-refractivity contribution in [3.05, 3.63) is 82.2 Å². The molecule has 1 saturated carbocycles. The van der Waals surface area contributed by atoms with Crippen LogP contribution in [0.3, 0.4) is 0 Å². The lowest BCUT2D eigenvalue weighted by molar-refractivity contribution is 0.230. The van der Waals surface area contributed by atoms with E-state index in [1.165, 1.54) is 6.20 Å². The zero-order valence-electron chi connectivity index (χ0n) is 15.6. The fraction of sp³-hybridized carbons (Fsp3) is 0.333. The van der Waals surface area contributed by atoms with Crippen molar-refractivity contribution < 1.29 is 4.39 Å². The molecule has 1 atom stereocenters. The zero-order valence-corrected chi connectivity index (χ0v) is 15.6. The minimum Gasteiger partial charge on any atom is -0.271 e. The van der Waals surface area contributed by atoms with Crippen molar-refractivity contribution in [2.24, 2.45) is 0 Å². The topological polar surface area (TPSA) is 70.0 Å². The van der Waals surface area contributed by atoms with Gasteiger partial charge in [-0.25, -0.2) is 23.4 Å². The molecule has 0 bridgehead atoms. The predicted octanol–water partition coefficient (Wildman–Crippen LogP) is 2.88. The summed E-state index contributed by atoms with van der Waals surface area (Å²) in [4.78, 5) is 17.2. The Labute approximate surface area is 165 Å². The maximum atomic E-state index is 13.8. The Morgan fingerprint density at radius 3 is 2.76 bits per heavy atom. The van der Waals surface area contributed by atoms with Crippen LogP contribution in [0, 0.1) is 5.82 Å². The number of hydrogen-bond acceptors (Lipinski definition) is 4. The number of hydrogen-bond donors (Lipinski definition) is 0. The molecule has 4 heterocycles. The van der Waals surface area contributed by atoms with Gasteiger partial charge in [0.1, 0.15) is 5.82 Å². The fourth-order valence-corrected chi connectivity index (χ4v) is 4.76. The van der Waals surface area contributed by atoms with E-state index in [-0.39, 0.29) is 29.3 Å². The number of aryl methyl sites for hydroxylation is 1. The maximum absolute atomic E-state index is 13.8. The first-order valence-electron chi connectivity index (χ1n) is 9.93. The molecule has 0 amide bonds. The third-order valence-corrected chi connectivity index (χ3v) is 6.31. The lowest BCUT2D eigenvalue weighted by atomic mass is 9.78. The Bertz CT molecular complexity index is 1270. The van der Waals surface area contributed by atoms with Crippen LogP contribution in [0.1, 0.15) is 54.3 Å². The van der Waals surface area contributed by atoms with Gasteiger partial charge in [0.05, 0.1) is 18.3 Å². The first-order valence-corrected chi connectivity index (χ1v) is 9.93. The molecule has 0 radical (unpaired) electrons. The highest BCUT2D eigenvalue weighted by Crippen LogP contribution is 2.44. The third-order valence-electron chi connectivity index (χ3n) is 6.31. The summed E-state index contributed by atoms with van der Waals surface area (Å²) < 4.78 is 18.9. The minimum atomic E-state index is -0.420. The smallest absolute Gasteiger partial charge is 0.271 e. The van der Waals surface area contributed by atoms with Crippen molar-refractivity contribution >= 4 is 5.65 Å². The monoisotopic (exact) mass is 390 g/mol. The predicted molar refractivity (Wildman–Crippen MR) is 103 cm³/mol. The highest BCUT2D eigenvalue weighted by Gasteiger charge is 2.38. The SMILES string of the molecule is O=c1n(C2CC(c3ccnc4c(F)cnn34)C2)nc2n1[C@H](c1ccccc1)CC2. The Morgan fingerprint density at radius 2 is 1.93 bits per heavy atom. The van der Waals surface area contributed by atoms with E-state index in [1.807, 2.05) is 28.8 Å². The molecule has 3 aromatic heterocycles. The van der Waals surface area contributed by atoms with E-state index < -0.39 is 5.82 Å². The van der Waals surface area contributed by atoms with Crippen molar-refractivity contribution in [3.8, 4) is 0 Å². The number of benzene rings is 1. The summed E-state index contributed by atoms with van der Waals surface area (Å²) in [5.74, 6) is 0.655. The van der Waals surface area contributed by atoms with Gasteiger partial charge in [-0.1, -0.05) is 30.3 Å². The van der Waals surface area contributed by atoms with Gasteiger partial charge in [-0.3, -0.25) is 4.57 Å². The zero-order chi connectivity index (χ0) is 19.5. The van der Waals surface area contributed by atoms with Crippen LogP contribution in [0.25, 0.3) is 5.65 Å². The van der Waals surface area contributed by atoms with Crippen LogP contribution in [-0.2, 0) is 6.42 Å². The Balaban J connectivity index is 1.28. The van der Waals surface area contributed by atoms with Gasteiger partial charge in [0.25, 0.3) is 0 Å². The van der Waals surface area contributed by atoms with Crippen LogP contribution in [0.15, 0.2) is 53.6 Å². The van der Waals surface area contributed by atoms with E-state index in [0.29, 0.717) is 0 Å². The van der Waals surface area contributed by atoms with E-state index >= 15 is 0 Å². The lowest BCUT2D eigenvalue weighted by Gasteiger charge is -2.34. The van der Waals surface area contributed by atoms with Gasteiger partial charge in [-0.05, 0) is 30.9 Å². The van der Waals surface area contributed by atoms with Crippen LogP contribution in [-0.4, -0.2) is 28.9 Å². The third kappa shape index (κ3) is 2.41.